The topological polar surface area (TPSA) is 73.7 Å². The molecule has 9 heteroatoms. The van der Waals surface area contributed by atoms with Gasteiger partial charge in [-0.05, 0) is 49.2 Å². The van der Waals surface area contributed by atoms with E-state index in [1.807, 2.05) is 23.1 Å². The minimum absolute atomic E-state index is 0.169. The van der Waals surface area contributed by atoms with Gasteiger partial charge in [0.05, 0.1) is 29.8 Å². The van der Waals surface area contributed by atoms with Gasteiger partial charge in [0.15, 0.2) is 10.9 Å². The van der Waals surface area contributed by atoms with E-state index in [1.54, 1.807) is 22.8 Å². The van der Waals surface area contributed by atoms with Crippen LogP contribution in [0.3, 0.4) is 0 Å². The van der Waals surface area contributed by atoms with Gasteiger partial charge in [-0.15, -0.1) is 0 Å². The molecule has 2 aromatic carbocycles. The van der Waals surface area contributed by atoms with Gasteiger partial charge in [0.25, 0.3) is 5.56 Å². The third-order valence-electron chi connectivity index (χ3n) is 6.79. The van der Waals surface area contributed by atoms with Gasteiger partial charge in [0.1, 0.15) is 5.82 Å². The zero-order valence-corrected chi connectivity index (χ0v) is 21.0. The number of nitrogens with zero attached hydrogens (tertiary/aromatic N) is 3. The first-order valence-corrected chi connectivity index (χ1v) is 13.5. The second-order valence-corrected chi connectivity index (χ2v) is 10.2. The molecule has 36 heavy (non-hydrogen) atoms. The van der Waals surface area contributed by atoms with E-state index in [0.717, 1.165) is 37.9 Å². The maximum Gasteiger partial charge on any atom is 0.266 e. The summed E-state index contributed by atoms with van der Waals surface area (Å²) in [6.45, 7) is 2.65. The molecular weight excluding hydrogens is 481 g/mol. The second-order valence-electron chi connectivity index (χ2n) is 9.18. The van der Waals surface area contributed by atoms with E-state index < -0.39 is 5.79 Å². The molecule has 0 unspecified atom stereocenters. The van der Waals surface area contributed by atoms with Crippen LogP contribution in [0.4, 0.5) is 4.39 Å². The molecule has 0 saturated carbocycles. The van der Waals surface area contributed by atoms with Crippen molar-refractivity contribution in [2.24, 2.45) is 0 Å². The number of amides is 1. The molecule has 2 aliphatic heterocycles. The summed E-state index contributed by atoms with van der Waals surface area (Å²) in [5.74, 6) is 0.144. The van der Waals surface area contributed by atoms with Crippen molar-refractivity contribution < 1.29 is 18.7 Å². The van der Waals surface area contributed by atoms with E-state index in [0.29, 0.717) is 54.5 Å². The molecule has 0 N–H and O–H groups in total. The number of aromatic nitrogens is 2. The number of carbonyl (C=O) groups excluding carboxylic acids is 1. The van der Waals surface area contributed by atoms with Crippen LogP contribution in [0.2, 0.25) is 0 Å². The molecule has 2 aliphatic rings. The maximum atomic E-state index is 13.5. The van der Waals surface area contributed by atoms with Crippen molar-refractivity contribution in [2.75, 3.05) is 32.1 Å². The molecule has 3 heterocycles. The highest BCUT2D eigenvalue weighted by Gasteiger charge is 2.40. The van der Waals surface area contributed by atoms with E-state index in [9.17, 15) is 14.0 Å². The predicted octanol–water partition coefficient (Wildman–Crippen LogP) is 4.54. The van der Waals surface area contributed by atoms with Crippen LogP contribution in [0, 0.1) is 5.82 Å². The summed E-state index contributed by atoms with van der Waals surface area (Å²) in [4.78, 5) is 32.5. The molecule has 0 radical (unpaired) electrons. The van der Waals surface area contributed by atoms with Crippen molar-refractivity contribution in [3.63, 3.8) is 0 Å². The molecule has 2 fully saturated rings. The summed E-state index contributed by atoms with van der Waals surface area (Å²) >= 11 is 1.51. The normalized spacial score (nSPS) is 17.2. The number of unbranched alkanes of at least 4 members (excludes halogenated alkanes) is 2. The van der Waals surface area contributed by atoms with Crippen LogP contribution in [0.25, 0.3) is 16.6 Å². The molecule has 1 aromatic heterocycles. The summed E-state index contributed by atoms with van der Waals surface area (Å²) in [5.41, 5.74) is 1.06. The fourth-order valence-electron chi connectivity index (χ4n) is 4.79. The van der Waals surface area contributed by atoms with E-state index in [4.69, 9.17) is 14.5 Å². The number of rotatable bonds is 8. The van der Waals surface area contributed by atoms with Crippen LogP contribution in [-0.2, 0) is 14.3 Å². The van der Waals surface area contributed by atoms with Crippen LogP contribution in [0.5, 0.6) is 0 Å². The monoisotopic (exact) mass is 511 g/mol. The van der Waals surface area contributed by atoms with E-state index in [1.165, 1.54) is 23.9 Å². The number of halogens is 1. The molecule has 7 nitrogen and oxygen atoms in total. The molecule has 3 aromatic rings. The van der Waals surface area contributed by atoms with Gasteiger partial charge in [-0.1, -0.05) is 30.3 Å². The van der Waals surface area contributed by atoms with Gasteiger partial charge in [0, 0.05) is 38.1 Å². The highest BCUT2D eigenvalue weighted by Crippen LogP contribution is 2.31. The number of likely N-dealkylation sites (tertiary alicyclic amines) is 1. The van der Waals surface area contributed by atoms with Gasteiger partial charge < -0.3 is 14.4 Å². The smallest absolute Gasteiger partial charge is 0.266 e. The average molecular weight is 512 g/mol. The number of thioether (sulfide) groups is 1. The molecule has 5 rings (SSSR count). The van der Waals surface area contributed by atoms with Crippen molar-refractivity contribution >= 4 is 28.6 Å². The largest absolute Gasteiger partial charge is 0.347 e. The number of ether oxygens (including phenoxy) is 2. The Morgan fingerprint density at radius 1 is 1.00 bits per heavy atom. The predicted molar refractivity (Wildman–Crippen MR) is 137 cm³/mol. The first kappa shape index (κ1) is 24.9. The number of piperidine rings is 1. The molecule has 0 aliphatic carbocycles. The van der Waals surface area contributed by atoms with E-state index >= 15 is 0 Å². The highest BCUT2D eigenvalue weighted by atomic mass is 32.2. The quantitative estimate of drug-likeness (QED) is 0.251. The maximum absolute atomic E-state index is 13.5. The third-order valence-corrected chi connectivity index (χ3v) is 7.81. The zero-order chi connectivity index (χ0) is 25.0. The second kappa shape index (κ2) is 11.1. The lowest BCUT2D eigenvalue weighted by molar-refractivity contribution is -0.187. The molecule has 1 spiro atoms. The van der Waals surface area contributed by atoms with Crippen molar-refractivity contribution in [2.45, 2.75) is 49.5 Å². The summed E-state index contributed by atoms with van der Waals surface area (Å²) in [7, 11) is 0. The fourth-order valence-corrected chi connectivity index (χ4v) is 5.80. The average Bonchev–Trinajstić information content (AvgIpc) is 3.35. The molecular formula is C27H30FN3O4S. The number of hydrogen-bond acceptors (Lipinski definition) is 6. The number of benzene rings is 2. The minimum atomic E-state index is -0.459. The molecule has 0 bridgehead atoms. The lowest BCUT2D eigenvalue weighted by atomic mass is 10.0. The Hall–Kier alpha value is -2.75. The Morgan fingerprint density at radius 3 is 2.47 bits per heavy atom. The van der Waals surface area contributed by atoms with Crippen LogP contribution in [0.1, 0.15) is 38.5 Å². The lowest BCUT2D eigenvalue weighted by Gasteiger charge is -2.37. The summed E-state index contributed by atoms with van der Waals surface area (Å²) < 4.78 is 26.5. The molecule has 1 amide bonds. The fraction of sp³-hybridized carbons (Fsp3) is 0.444. The van der Waals surface area contributed by atoms with E-state index in [-0.39, 0.29) is 17.3 Å². The third kappa shape index (κ3) is 5.48. The Labute approximate surface area is 213 Å². The first-order valence-electron chi connectivity index (χ1n) is 12.5. The van der Waals surface area contributed by atoms with Crippen molar-refractivity contribution in [1.29, 1.82) is 0 Å². The van der Waals surface area contributed by atoms with Crippen molar-refractivity contribution in [3.8, 4) is 5.69 Å². The Morgan fingerprint density at radius 2 is 1.72 bits per heavy atom. The van der Waals surface area contributed by atoms with Gasteiger partial charge >= 0.3 is 0 Å². The lowest BCUT2D eigenvalue weighted by Crippen LogP contribution is -2.47. The SMILES string of the molecule is O=C(CCCCCSc1nc2ccccc2c(=O)n1-c1ccc(F)cc1)N1CCC2(CC1)OCCO2. The van der Waals surface area contributed by atoms with E-state index in [2.05, 4.69) is 0 Å². The van der Waals surface area contributed by atoms with Crippen LogP contribution < -0.4 is 5.56 Å². The summed E-state index contributed by atoms with van der Waals surface area (Å²) in [6, 6.07) is 13.1. The number of hydrogen-bond donors (Lipinski definition) is 0. The molecule has 2 saturated heterocycles. The van der Waals surface area contributed by atoms with Gasteiger partial charge in [-0.3, -0.25) is 14.2 Å². The van der Waals surface area contributed by atoms with Crippen LogP contribution in [-0.4, -0.2) is 58.2 Å². The van der Waals surface area contributed by atoms with Crippen LogP contribution >= 0.6 is 11.8 Å². The van der Waals surface area contributed by atoms with Gasteiger partial charge in [0.2, 0.25) is 5.91 Å². The highest BCUT2D eigenvalue weighted by molar-refractivity contribution is 7.99. The van der Waals surface area contributed by atoms with Crippen LogP contribution in [0.15, 0.2) is 58.5 Å². The standard InChI is InChI=1S/C27H30FN3O4S/c28-20-9-11-21(12-10-20)31-25(33)22-6-3-4-7-23(22)29-26(31)36-19-5-1-2-8-24(32)30-15-13-27(14-16-30)34-17-18-35-27/h3-4,6-7,9-12H,1-2,5,8,13-19H2. The molecule has 0 atom stereocenters. The zero-order valence-electron chi connectivity index (χ0n) is 20.2. The first-order chi connectivity index (χ1) is 17.5. The number of carbonyl (C=O) groups is 1. The van der Waals surface area contributed by atoms with Gasteiger partial charge in [-0.2, -0.15) is 0 Å². The minimum Gasteiger partial charge on any atom is -0.347 e. The number of para-hydroxylation sites is 1. The molecule has 190 valence electrons. The Bertz CT molecular complexity index is 1260. The number of fused-ring (bicyclic) bond motifs is 1. The van der Waals surface area contributed by atoms with Crippen molar-refractivity contribution in [3.05, 3.63) is 64.7 Å². The Balaban J connectivity index is 1.14. The Kier molecular flexibility index (Phi) is 7.69. The van der Waals surface area contributed by atoms with Gasteiger partial charge in [-0.25, -0.2) is 9.37 Å². The summed E-state index contributed by atoms with van der Waals surface area (Å²) in [5, 5.41) is 1.11. The van der Waals surface area contributed by atoms with Crippen molar-refractivity contribution in [1.82, 2.24) is 14.5 Å². The summed E-state index contributed by atoms with van der Waals surface area (Å²) in [6.07, 6.45) is 4.65.